The summed E-state index contributed by atoms with van der Waals surface area (Å²) in [7, 11) is 1.87. The van der Waals surface area contributed by atoms with Crippen LogP contribution < -0.4 is 5.32 Å². The summed E-state index contributed by atoms with van der Waals surface area (Å²) in [6.07, 6.45) is 4.95. The molecule has 1 aromatic carbocycles. The number of nitrogens with one attached hydrogen (secondary N) is 1. The second-order valence-corrected chi connectivity index (χ2v) is 8.18. The summed E-state index contributed by atoms with van der Waals surface area (Å²) in [5.41, 5.74) is 4.30. The maximum atomic E-state index is 12.8. The average Bonchev–Trinajstić information content (AvgIpc) is 3.50. The van der Waals surface area contributed by atoms with Gasteiger partial charge < -0.3 is 0 Å². The molecule has 4 heterocycles. The van der Waals surface area contributed by atoms with Crippen LogP contribution in [0.4, 0.5) is 5.95 Å². The number of aromatic nitrogens is 8. The van der Waals surface area contributed by atoms with Gasteiger partial charge in [-0.25, -0.2) is 19.2 Å². The second-order valence-electron chi connectivity index (χ2n) is 7.37. The molecule has 12 heteroatoms. The van der Waals surface area contributed by atoms with Gasteiger partial charge in [0.1, 0.15) is 6.33 Å². The first-order chi connectivity index (χ1) is 15.9. The number of benzene rings is 1. The molecule has 0 fully saturated rings. The number of hydrogen-bond acceptors (Lipinski definition) is 6. The lowest BCUT2D eigenvalue weighted by Gasteiger charge is -2.03. The molecule has 1 amide bonds. The molecule has 0 saturated carbocycles. The van der Waals surface area contributed by atoms with Crippen LogP contribution in [0.25, 0.3) is 16.9 Å². The molecule has 0 unspecified atom stereocenters. The van der Waals surface area contributed by atoms with Crippen molar-refractivity contribution in [3.8, 4) is 11.3 Å². The van der Waals surface area contributed by atoms with E-state index in [2.05, 4.69) is 30.6 Å². The van der Waals surface area contributed by atoms with Gasteiger partial charge in [0.2, 0.25) is 5.95 Å². The van der Waals surface area contributed by atoms with Crippen LogP contribution >= 0.6 is 23.2 Å². The third-order valence-corrected chi connectivity index (χ3v) is 5.93. The monoisotopic (exact) mass is 481 g/mol. The predicted octanol–water partition coefficient (Wildman–Crippen LogP) is 3.64. The van der Waals surface area contributed by atoms with Crippen LogP contribution in [0.5, 0.6) is 0 Å². The van der Waals surface area contributed by atoms with E-state index in [1.807, 2.05) is 26.1 Å². The van der Waals surface area contributed by atoms with E-state index in [0.29, 0.717) is 22.2 Å². The lowest BCUT2D eigenvalue weighted by Crippen LogP contribution is -2.14. The summed E-state index contributed by atoms with van der Waals surface area (Å²) < 4.78 is 4.98. The van der Waals surface area contributed by atoms with E-state index in [4.69, 9.17) is 23.2 Å². The number of aryl methyl sites for hydroxylation is 1. The molecule has 0 radical (unpaired) electrons. The van der Waals surface area contributed by atoms with Gasteiger partial charge in [-0.15, -0.1) is 5.10 Å². The second kappa shape index (κ2) is 8.30. The van der Waals surface area contributed by atoms with Crippen LogP contribution in [0.3, 0.4) is 0 Å². The zero-order valence-electron chi connectivity index (χ0n) is 17.6. The van der Waals surface area contributed by atoms with E-state index in [0.717, 1.165) is 22.5 Å². The molecule has 0 aliphatic rings. The first-order valence-electron chi connectivity index (χ1n) is 9.87. The van der Waals surface area contributed by atoms with E-state index >= 15 is 0 Å². The first-order valence-corrected chi connectivity index (χ1v) is 10.6. The van der Waals surface area contributed by atoms with Crippen molar-refractivity contribution < 1.29 is 4.79 Å². The predicted molar refractivity (Wildman–Crippen MR) is 123 cm³/mol. The Morgan fingerprint density at radius 2 is 1.94 bits per heavy atom. The number of amides is 1. The fourth-order valence-corrected chi connectivity index (χ4v) is 3.70. The van der Waals surface area contributed by atoms with E-state index in [-0.39, 0.29) is 11.6 Å². The molecule has 0 bridgehead atoms. The Morgan fingerprint density at radius 1 is 1.09 bits per heavy atom. The minimum absolute atomic E-state index is 0.161. The molecule has 0 spiro atoms. The Kier molecular flexibility index (Phi) is 5.31. The van der Waals surface area contributed by atoms with Crippen molar-refractivity contribution in [2.75, 3.05) is 5.32 Å². The minimum atomic E-state index is -0.443. The van der Waals surface area contributed by atoms with Crippen molar-refractivity contribution in [3.63, 3.8) is 0 Å². The summed E-state index contributed by atoms with van der Waals surface area (Å²) in [5, 5.41) is 16.6. The molecule has 0 atom stereocenters. The highest BCUT2D eigenvalue weighted by atomic mass is 35.5. The maximum absolute atomic E-state index is 12.8. The highest BCUT2D eigenvalue weighted by molar-refractivity contribution is 6.42. The van der Waals surface area contributed by atoms with Gasteiger partial charge in [0.15, 0.2) is 11.3 Å². The van der Waals surface area contributed by atoms with Crippen molar-refractivity contribution in [2.45, 2.75) is 13.5 Å². The van der Waals surface area contributed by atoms with Crippen LogP contribution in [-0.2, 0) is 13.6 Å². The molecule has 0 aliphatic carbocycles. The Balaban J connectivity index is 1.36. The maximum Gasteiger partial charge on any atom is 0.278 e. The molecule has 5 rings (SSSR count). The van der Waals surface area contributed by atoms with E-state index in [1.165, 1.54) is 6.33 Å². The quantitative estimate of drug-likeness (QED) is 0.410. The normalized spacial score (nSPS) is 11.3. The molecule has 1 N–H and O–H groups in total. The van der Waals surface area contributed by atoms with Crippen LogP contribution in [0.1, 0.15) is 21.7 Å². The minimum Gasteiger partial charge on any atom is -0.288 e. The molecule has 33 heavy (non-hydrogen) atoms. The van der Waals surface area contributed by atoms with Crippen LogP contribution in [0.15, 0.2) is 49.1 Å². The lowest BCUT2D eigenvalue weighted by molar-refractivity contribution is 0.102. The number of fused-ring (bicyclic) bond motifs is 1. The summed E-state index contributed by atoms with van der Waals surface area (Å²) in [4.78, 5) is 21.3. The summed E-state index contributed by atoms with van der Waals surface area (Å²) in [5.74, 6) is -0.282. The summed E-state index contributed by atoms with van der Waals surface area (Å²) in [6.45, 7) is 2.39. The van der Waals surface area contributed by atoms with Crippen molar-refractivity contribution in [3.05, 3.63) is 76.0 Å². The van der Waals surface area contributed by atoms with E-state index in [1.54, 1.807) is 44.5 Å². The summed E-state index contributed by atoms with van der Waals surface area (Å²) in [6, 6.07) is 8.77. The Labute approximate surface area is 197 Å². The highest BCUT2D eigenvalue weighted by Crippen LogP contribution is 2.24. The third-order valence-electron chi connectivity index (χ3n) is 5.19. The van der Waals surface area contributed by atoms with Gasteiger partial charge in [-0.2, -0.15) is 10.2 Å². The van der Waals surface area contributed by atoms with Crippen LogP contribution in [0, 0.1) is 6.92 Å². The molecule has 5 aromatic rings. The average molecular weight is 482 g/mol. The first kappa shape index (κ1) is 21.1. The molecule has 10 nitrogen and oxygen atoms in total. The van der Waals surface area contributed by atoms with Gasteiger partial charge in [-0.1, -0.05) is 29.3 Å². The van der Waals surface area contributed by atoms with Crippen molar-refractivity contribution >= 4 is 40.7 Å². The zero-order valence-corrected chi connectivity index (χ0v) is 19.1. The number of rotatable bonds is 5. The number of hydrogen-bond donors (Lipinski definition) is 1. The standard InChI is InChI=1S/C21H17Cl2N9O/c1-12-14(9-26-30(12)2)18-5-6-24-19-8-17(28-32(18)19)20(33)27-21-25-11-31(29-21)10-13-3-4-15(22)16(23)7-13/h3-9,11H,10H2,1-2H3,(H,27,29,33). The molecule has 166 valence electrons. The SMILES string of the molecule is Cc1c(-c2ccnc3cc(C(=O)Nc4ncn(Cc5ccc(Cl)c(Cl)c5)n4)nn23)cnn1C. The Bertz CT molecular complexity index is 1500. The van der Waals surface area contributed by atoms with E-state index < -0.39 is 5.91 Å². The van der Waals surface area contributed by atoms with Gasteiger partial charge in [0, 0.05) is 30.6 Å². The smallest absolute Gasteiger partial charge is 0.278 e. The van der Waals surface area contributed by atoms with Gasteiger partial charge in [-0.05, 0) is 30.7 Å². The molecule has 4 aromatic heterocycles. The van der Waals surface area contributed by atoms with Crippen molar-refractivity contribution in [2.24, 2.45) is 7.05 Å². The van der Waals surface area contributed by atoms with E-state index in [9.17, 15) is 4.79 Å². The van der Waals surface area contributed by atoms with Gasteiger partial charge >= 0.3 is 0 Å². The van der Waals surface area contributed by atoms with Crippen LogP contribution in [0.2, 0.25) is 10.0 Å². The van der Waals surface area contributed by atoms with Gasteiger partial charge in [-0.3, -0.25) is 14.8 Å². The lowest BCUT2D eigenvalue weighted by atomic mass is 10.2. The molecular formula is C21H17Cl2N9O. The number of nitrogens with zero attached hydrogens (tertiary/aromatic N) is 8. The topological polar surface area (TPSA) is 108 Å². The van der Waals surface area contributed by atoms with Gasteiger partial charge in [0.25, 0.3) is 5.91 Å². The summed E-state index contributed by atoms with van der Waals surface area (Å²) >= 11 is 12.0. The van der Waals surface area contributed by atoms with Crippen molar-refractivity contribution in [1.82, 2.24) is 39.1 Å². The van der Waals surface area contributed by atoms with Gasteiger partial charge in [0.05, 0.1) is 28.5 Å². The fourth-order valence-electron chi connectivity index (χ4n) is 3.38. The van der Waals surface area contributed by atoms with Crippen molar-refractivity contribution in [1.29, 1.82) is 0 Å². The van der Waals surface area contributed by atoms with Crippen LogP contribution in [-0.4, -0.2) is 45.1 Å². The number of carbonyl (C=O) groups is 1. The number of carbonyl (C=O) groups excluding carboxylic acids is 1. The fraction of sp³-hybridized carbons (Fsp3) is 0.143. The Morgan fingerprint density at radius 3 is 2.70 bits per heavy atom. The number of halogens is 2. The third kappa shape index (κ3) is 4.06. The molecule has 0 saturated heterocycles. The zero-order chi connectivity index (χ0) is 23.1. The largest absolute Gasteiger partial charge is 0.288 e. The number of anilines is 1. The molecule has 0 aliphatic heterocycles. The highest BCUT2D eigenvalue weighted by Gasteiger charge is 2.17. The molecular weight excluding hydrogens is 465 g/mol. The Hall–Kier alpha value is -3.76.